The van der Waals surface area contributed by atoms with Gasteiger partial charge < -0.3 is 24.4 Å². The SMILES string of the molecule is C=C(CCCCCCCN(CCCCCCCC1(OC(CCC)CCCCCCCC)CCC1)CCCNc1c(C2=CCCOCC2)c(=O)c1=O)OC(CCCCCCCC)CCCCCCCC. The van der Waals surface area contributed by atoms with Gasteiger partial charge in [-0.25, -0.2) is 0 Å². The fraction of sp³-hybridized carbons (Fsp3) is 0.871. The van der Waals surface area contributed by atoms with Gasteiger partial charge in [-0.2, -0.15) is 0 Å². The molecule has 1 unspecified atom stereocenters. The highest BCUT2D eigenvalue weighted by Crippen LogP contribution is 2.42. The summed E-state index contributed by atoms with van der Waals surface area (Å²) in [5, 5.41) is 3.39. The number of hydrogen-bond acceptors (Lipinski definition) is 7. The van der Waals surface area contributed by atoms with E-state index in [0.29, 0.717) is 49.6 Å². The predicted molar refractivity (Wildman–Crippen MR) is 299 cm³/mol. The first-order valence-electron chi connectivity index (χ1n) is 30.4. The third-order valence-electron chi connectivity index (χ3n) is 15.7. The van der Waals surface area contributed by atoms with E-state index in [1.807, 2.05) is 0 Å². The molecule has 1 aliphatic carbocycles. The molecule has 1 N–H and O–H groups in total. The van der Waals surface area contributed by atoms with Crippen LogP contribution in [0.4, 0.5) is 5.69 Å². The summed E-state index contributed by atoms with van der Waals surface area (Å²) in [6, 6.07) is 0. The molecule has 3 rings (SSSR count). The lowest BCUT2D eigenvalue weighted by Crippen LogP contribution is -2.43. The number of rotatable bonds is 49. The van der Waals surface area contributed by atoms with Crippen molar-refractivity contribution in [3.8, 4) is 0 Å². The highest BCUT2D eigenvalue weighted by Gasteiger charge is 2.39. The molecule has 7 nitrogen and oxygen atoms in total. The predicted octanol–water partition coefficient (Wildman–Crippen LogP) is 17.5. The fourth-order valence-corrected chi connectivity index (χ4v) is 11.1. The van der Waals surface area contributed by atoms with E-state index >= 15 is 0 Å². The first-order valence-corrected chi connectivity index (χ1v) is 30.4. The Morgan fingerprint density at radius 3 is 1.70 bits per heavy atom. The van der Waals surface area contributed by atoms with Crippen LogP contribution in [0.3, 0.4) is 0 Å². The van der Waals surface area contributed by atoms with Gasteiger partial charge in [-0.05, 0) is 128 Å². The summed E-state index contributed by atoms with van der Waals surface area (Å²) in [6.07, 6.45) is 54.4. The maximum absolute atomic E-state index is 12.6. The molecule has 1 fully saturated rings. The van der Waals surface area contributed by atoms with Crippen LogP contribution in [0.5, 0.6) is 0 Å². The largest absolute Gasteiger partial charge is 0.495 e. The van der Waals surface area contributed by atoms with Crippen molar-refractivity contribution in [2.24, 2.45) is 0 Å². The summed E-state index contributed by atoms with van der Waals surface area (Å²) in [5.41, 5.74) is 1.61. The first-order chi connectivity index (χ1) is 33.9. The second-order valence-corrected chi connectivity index (χ2v) is 22.0. The Bertz CT molecular complexity index is 1480. The molecule has 1 aromatic carbocycles. The average Bonchev–Trinajstić information content (AvgIpc) is 3.62. The van der Waals surface area contributed by atoms with Gasteiger partial charge in [0.15, 0.2) is 0 Å². The molecule has 0 spiro atoms. The topological polar surface area (TPSA) is 77.1 Å². The van der Waals surface area contributed by atoms with Gasteiger partial charge in [-0.1, -0.05) is 194 Å². The zero-order chi connectivity index (χ0) is 49.5. The number of anilines is 1. The van der Waals surface area contributed by atoms with Gasteiger partial charge in [0, 0.05) is 13.0 Å². The average molecular weight is 966 g/mol. The van der Waals surface area contributed by atoms with Crippen LogP contribution < -0.4 is 16.2 Å². The third-order valence-corrected chi connectivity index (χ3v) is 15.7. The van der Waals surface area contributed by atoms with Crippen molar-refractivity contribution in [1.29, 1.82) is 0 Å². The van der Waals surface area contributed by atoms with Crippen LogP contribution in [0, 0.1) is 0 Å². The minimum Gasteiger partial charge on any atom is -0.495 e. The Labute approximate surface area is 426 Å². The molecule has 1 heterocycles. The van der Waals surface area contributed by atoms with E-state index in [-0.39, 0.29) is 16.5 Å². The lowest BCUT2D eigenvalue weighted by molar-refractivity contribution is -0.149. The van der Waals surface area contributed by atoms with Gasteiger partial charge in [0.25, 0.3) is 0 Å². The normalized spacial score (nSPS) is 15.4. The lowest BCUT2D eigenvalue weighted by Gasteiger charge is -2.44. The van der Waals surface area contributed by atoms with Gasteiger partial charge in [0.2, 0.25) is 10.9 Å². The lowest BCUT2D eigenvalue weighted by atomic mass is 9.76. The smallest absolute Gasteiger partial charge is 0.250 e. The number of ether oxygens (including phenoxy) is 3. The number of nitrogens with zero attached hydrogens (tertiary/aromatic N) is 1. The van der Waals surface area contributed by atoms with E-state index in [2.05, 4.69) is 50.6 Å². The van der Waals surface area contributed by atoms with Crippen molar-refractivity contribution >= 4 is 11.3 Å². The highest BCUT2D eigenvalue weighted by atomic mass is 16.5. The van der Waals surface area contributed by atoms with Gasteiger partial charge in [-0.3, -0.25) is 9.59 Å². The van der Waals surface area contributed by atoms with E-state index in [9.17, 15) is 9.59 Å². The second-order valence-electron chi connectivity index (χ2n) is 22.0. The number of nitrogens with one attached hydrogen (secondary N) is 1. The van der Waals surface area contributed by atoms with Crippen molar-refractivity contribution in [2.45, 2.75) is 309 Å². The second kappa shape index (κ2) is 40.5. The minimum absolute atomic E-state index is 0.173. The van der Waals surface area contributed by atoms with E-state index in [4.69, 9.17) is 14.2 Å². The molecular weight excluding hydrogens is 853 g/mol. The van der Waals surface area contributed by atoms with Gasteiger partial charge >= 0.3 is 0 Å². The number of allylic oxidation sites excluding steroid dienone is 1. The standard InChI is InChI=1S/C62H112N2O5/c1-6-10-13-16-22-29-41-56(42-30-23-17-14-11-7-2)68-54(5)39-28-21-19-26-33-49-64(51-37-48-63-59-58(60(65)61(59)66)55-40-35-52-67-53-44-55)50-34-27-20-25-32-45-62(46-36-47-62)69-57(38-9-4)43-31-24-18-15-12-8-3/h40,56-57,63H,5-39,41-53H2,1-4H3. The Balaban J connectivity index is 1.40. The van der Waals surface area contributed by atoms with Crippen LogP contribution in [0.15, 0.2) is 28.0 Å². The van der Waals surface area contributed by atoms with Gasteiger partial charge in [-0.15, -0.1) is 0 Å². The molecule has 1 saturated carbocycles. The Morgan fingerprint density at radius 2 is 1.13 bits per heavy atom. The number of unbranched alkanes of at least 4 members (excludes halogenated alkanes) is 23. The van der Waals surface area contributed by atoms with E-state index in [1.54, 1.807) is 0 Å². The maximum atomic E-state index is 12.6. The summed E-state index contributed by atoms with van der Waals surface area (Å²) in [4.78, 5) is 27.9. The Kier molecular flexibility index (Phi) is 36.0. The molecular formula is C62H112N2O5. The molecule has 69 heavy (non-hydrogen) atoms. The van der Waals surface area contributed by atoms with E-state index in [0.717, 1.165) is 50.2 Å². The van der Waals surface area contributed by atoms with Crippen LogP contribution in [-0.2, 0) is 14.2 Å². The summed E-state index contributed by atoms with van der Waals surface area (Å²) in [7, 11) is 0. The van der Waals surface area contributed by atoms with Gasteiger partial charge in [0.1, 0.15) is 0 Å². The summed E-state index contributed by atoms with van der Waals surface area (Å²) in [6.45, 7) is 18.9. The monoisotopic (exact) mass is 965 g/mol. The molecule has 400 valence electrons. The van der Waals surface area contributed by atoms with Crippen molar-refractivity contribution in [3.05, 3.63) is 44.4 Å². The molecule has 0 bridgehead atoms. The van der Waals surface area contributed by atoms with Crippen LogP contribution >= 0.6 is 0 Å². The van der Waals surface area contributed by atoms with E-state index in [1.165, 1.54) is 238 Å². The Morgan fingerprint density at radius 1 is 0.609 bits per heavy atom. The molecule has 0 amide bonds. The molecule has 0 saturated heterocycles. The molecule has 1 atom stereocenters. The molecule has 0 aromatic heterocycles. The molecule has 0 radical (unpaired) electrons. The van der Waals surface area contributed by atoms with Crippen LogP contribution in [0.25, 0.3) is 5.57 Å². The van der Waals surface area contributed by atoms with Gasteiger partial charge in [0.05, 0.1) is 48.0 Å². The maximum Gasteiger partial charge on any atom is 0.250 e. The van der Waals surface area contributed by atoms with Crippen molar-refractivity contribution in [2.75, 3.05) is 44.7 Å². The Hall–Kier alpha value is -1.96. The highest BCUT2D eigenvalue weighted by molar-refractivity contribution is 5.79. The number of hydrogen-bond donors (Lipinski definition) is 1. The van der Waals surface area contributed by atoms with Crippen LogP contribution in [0.1, 0.15) is 297 Å². The molecule has 7 heteroatoms. The first kappa shape index (κ1) is 61.3. The molecule has 1 aliphatic heterocycles. The van der Waals surface area contributed by atoms with Crippen molar-refractivity contribution in [3.63, 3.8) is 0 Å². The van der Waals surface area contributed by atoms with Crippen molar-refractivity contribution in [1.82, 2.24) is 4.90 Å². The summed E-state index contributed by atoms with van der Waals surface area (Å²) < 4.78 is 19.2. The zero-order valence-electron chi connectivity index (χ0n) is 46.2. The zero-order valence-corrected chi connectivity index (χ0v) is 46.2. The van der Waals surface area contributed by atoms with E-state index < -0.39 is 0 Å². The van der Waals surface area contributed by atoms with Crippen LogP contribution in [-0.4, -0.2) is 62.1 Å². The quantitative estimate of drug-likeness (QED) is 0.0396. The third kappa shape index (κ3) is 27.6. The van der Waals surface area contributed by atoms with Crippen molar-refractivity contribution < 1.29 is 14.2 Å². The molecule has 2 aliphatic rings. The summed E-state index contributed by atoms with van der Waals surface area (Å²) in [5.74, 6) is 1.02. The fourth-order valence-electron chi connectivity index (χ4n) is 11.1. The molecule has 1 aromatic rings. The minimum atomic E-state index is -0.354. The summed E-state index contributed by atoms with van der Waals surface area (Å²) >= 11 is 0. The van der Waals surface area contributed by atoms with Crippen LogP contribution in [0.2, 0.25) is 0 Å².